The molecule has 0 saturated heterocycles. The molecule has 0 spiro atoms. The lowest BCUT2D eigenvalue weighted by Crippen LogP contribution is -2.47. The molecule has 1 aliphatic carbocycles. The Balaban J connectivity index is 2.30. The van der Waals surface area contributed by atoms with Gasteiger partial charge in [-0.05, 0) is 18.8 Å². The van der Waals surface area contributed by atoms with Crippen LogP contribution >= 0.6 is 0 Å². The van der Waals surface area contributed by atoms with Gasteiger partial charge in [0.15, 0.2) is 0 Å². The molecule has 0 radical (unpaired) electrons. The quantitative estimate of drug-likeness (QED) is 0.736. The van der Waals surface area contributed by atoms with E-state index in [1.165, 1.54) is 0 Å². The lowest BCUT2D eigenvalue weighted by molar-refractivity contribution is -0.0642. The fourth-order valence-corrected chi connectivity index (χ4v) is 2.13. The predicted molar refractivity (Wildman–Crippen MR) is 53.9 cm³/mol. The van der Waals surface area contributed by atoms with E-state index in [0.29, 0.717) is 5.92 Å². The Labute approximate surface area is 84.2 Å². The first kappa shape index (κ1) is 9.59. The number of aromatic nitrogens is 2. The lowest BCUT2D eigenvalue weighted by Gasteiger charge is -2.49. The Morgan fingerprint density at radius 2 is 2.00 bits per heavy atom. The second-order valence-corrected chi connectivity index (χ2v) is 4.65. The third-order valence-corrected chi connectivity index (χ3v) is 3.47. The second kappa shape index (κ2) is 3.02. The largest absolute Gasteiger partial charge is 0.393 e. The number of aryl methyl sites for hydroxylation is 1. The summed E-state index contributed by atoms with van der Waals surface area (Å²) in [7, 11) is 0. The summed E-state index contributed by atoms with van der Waals surface area (Å²) < 4.78 is 0. The van der Waals surface area contributed by atoms with Crippen LogP contribution in [-0.2, 0) is 0 Å². The van der Waals surface area contributed by atoms with Gasteiger partial charge in [0.2, 0.25) is 0 Å². The molecule has 1 N–H and O–H groups in total. The maximum absolute atomic E-state index is 9.65. The van der Waals surface area contributed by atoms with Crippen molar-refractivity contribution < 1.29 is 5.11 Å². The van der Waals surface area contributed by atoms with Crippen molar-refractivity contribution in [2.75, 3.05) is 0 Å². The predicted octanol–water partition coefficient (Wildman–Crippen LogP) is 1.66. The average Bonchev–Trinajstić information content (AvgIpc) is 2.16. The standard InChI is InChI=1S/C11H16N2O/c1-7-10(13-5-4-12-7)8-6-9(14)11(8,2)3/h4-5,8-9,14H,6H2,1-3H3. The Morgan fingerprint density at radius 1 is 1.36 bits per heavy atom. The first-order valence-electron chi connectivity index (χ1n) is 4.99. The van der Waals surface area contributed by atoms with Gasteiger partial charge < -0.3 is 5.11 Å². The Kier molecular flexibility index (Phi) is 2.07. The fourth-order valence-electron chi connectivity index (χ4n) is 2.13. The second-order valence-electron chi connectivity index (χ2n) is 4.65. The Morgan fingerprint density at radius 3 is 2.50 bits per heavy atom. The van der Waals surface area contributed by atoms with E-state index in [1.54, 1.807) is 12.4 Å². The van der Waals surface area contributed by atoms with Gasteiger partial charge in [0.05, 0.1) is 17.5 Å². The minimum Gasteiger partial charge on any atom is -0.393 e. The molecule has 2 atom stereocenters. The van der Waals surface area contributed by atoms with Crippen LogP contribution in [-0.4, -0.2) is 21.2 Å². The zero-order valence-electron chi connectivity index (χ0n) is 8.86. The lowest BCUT2D eigenvalue weighted by atomic mass is 9.58. The number of hydrogen-bond donors (Lipinski definition) is 1. The Bertz CT molecular complexity index is 349. The molecule has 1 aromatic heterocycles. The molecule has 3 heteroatoms. The zero-order valence-corrected chi connectivity index (χ0v) is 8.86. The fraction of sp³-hybridized carbons (Fsp3) is 0.636. The Hall–Kier alpha value is -0.960. The van der Waals surface area contributed by atoms with Crippen LogP contribution in [0.5, 0.6) is 0 Å². The number of nitrogens with zero attached hydrogens (tertiary/aromatic N) is 2. The molecule has 0 amide bonds. The van der Waals surface area contributed by atoms with Crippen LogP contribution in [0.15, 0.2) is 12.4 Å². The van der Waals surface area contributed by atoms with E-state index in [0.717, 1.165) is 17.8 Å². The molecule has 1 heterocycles. The first-order chi connectivity index (χ1) is 6.53. The van der Waals surface area contributed by atoms with Gasteiger partial charge in [-0.15, -0.1) is 0 Å². The molecule has 0 bridgehead atoms. The van der Waals surface area contributed by atoms with Crippen LogP contribution in [0.25, 0.3) is 0 Å². The van der Waals surface area contributed by atoms with Crippen molar-refractivity contribution in [2.24, 2.45) is 5.41 Å². The molecule has 0 aromatic carbocycles. The third kappa shape index (κ3) is 1.23. The summed E-state index contributed by atoms with van der Waals surface area (Å²) in [5, 5.41) is 9.65. The van der Waals surface area contributed by atoms with Crippen LogP contribution < -0.4 is 0 Å². The van der Waals surface area contributed by atoms with E-state index in [2.05, 4.69) is 23.8 Å². The van der Waals surface area contributed by atoms with E-state index in [1.807, 2.05) is 6.92 Å². The molecule has 1 saturated carbocycles. The molecular weight excluding hydrogens is 176 g/mol. The maximum Gasteiger partial charge on any atom is 0.0654 e. The number of rotatable bonds is 1. The minimum atomic E-state index is -0.200. The van der Waals surface area contributed by atoms with Crippen LogP contribution in [0.3, 0.4) is 0 Å². The molecular formula is C11H16N2O. The molecule has 3 nitrogen and oxygen atoms in total. The van der Waals surface area contributed by atoms with Crippen molar-refractivity contribution in [1.29, 1.82) is 0 Å². The molecule has 2 rings (SSSR count). The smallest absolute Gasteiger partial charge is 0.0654 e. The normalized spacial score (nSPS) is 29.7. The van der Waals surface area contributed by atoms with Crippen LogP contribution in [0.4, 0.5) is 0 Å². The van der Waals surface area contributed by atoms with Gasteiger partial charge in [-0.3, -0.25) is 9.97 Å². The van der Waals surface area contributed by atoms with Gasteiger partial charge in [0, 0.05) is 18.3 Å². The maximum atomic E-state index is 9.65. The van der Waals surface area contributed by atoms with Crippen molar-refractivity contribution in [2.45, 2.75) is 39.2 Å². The van der Waals surface area contributed by atoms with E-state index in [-0.39, 0.29) is 11.5 Å². The SMILES string of the molecule is Cc1nccnc1C1CC(O)C1(C)C. The summed E-state index contributed by atoms with van der Waals surface area (Å²) in [4.78, 5) is 8.59. The van der Waals surface area contributed by atoms with Crippen molar-refractivity contribution in [1.82, 2.24) is 9.97 Å². The third-order valence-electron chi connectivity index (χ3n) is 3.47. The highest BCUT2D eigenvalue weighted by molar-refractivity contribution is 5.22. The summed E-state index contributed by atoms with van der Waals surface area (Å²) in [6.07, 6.45) is 4.05. The van der Waals surface area contributed by atoms with Crippen LogP contribution in [0.2, 0.25) is 0 Å². The zero-order chi connectivity index (χ0) is 10.3. The van der Waals surface area contributed by atoms with Crippen molar-refractivity contribution in [3.8, 4) is 0 Å². The summed E-state index contributed by atoms with van der Waals surface area (Å²) in [6, 6.07) is 0. The molecule has 2 unspecified atom stereocenters. The van der Waals surface area contributed by atoms with Gasteiger partial charge >= 0.3 is 0 Å². The van der Waals surface area contributed by atoms with Gasteiger partial charge in [0.25, 0.3) is 0 Å². The van der Waals surface area contributed by atoms with E-state index >= 15 is 0 Å². The highest BCUT2D eigenvalue weighted by atomic mass is 16.3. The molecule has 1 aromatic rings. The minimum absolute atomic E-state index is 0.0548. The van der Waals surface area contributed by atoms with Crippen LogP contribution in [0, 0.1) is 12.3 Å². The van der Waals surface area contributed by atoms with E-state index < -0.39 is 0 Å². The van der Waals surface area contributed by atoms with Gasteiger partial charge in [-0.1, -0.05) is 13.8 Å². The van der Waals surface area contributed by atoms with Gasteiger partial charge in [-0.2, -0.15) is 0 Å². The van der Waals surface area contributed by atoms with E-state index in [9.17, 15) is 5.11 Å². The summed E-state index contributed by atoms with van der Waals surface area (Å²) in [5.41, 5.74) is 1.97. The average molecular weight is 192 g/mol. The molecule has 1 aliphatic rings. The monoisotopic (exact) mass is 192 g/mol. The molecule has 76 valence electrons. The van der Waals surface area contributed by atoms with Crippen molar-refractivity contribution >= 4 is 0 Å². The number of aliphatic hydroxyl groups is 1. The highest BCUT2D eigenvalue weighted by Gasteiger charge is 2.49. The number of hydrogen-bond acceptors (Lipinski definition) is 3. The van der Waals surface area contributed by atoms with Crippen LogP contribution in [0.1, 0.15) is 37.6 Å². The number of aliphatic hydroxyl groups excluding tert-OH is 1. The summed E-state index contributed by atoms with van der Waals surface area (Å²) in [5.74, 6) is 0.353. The summed E-state index contributed by atoms with van der Waals surface area (Å²) in [6.45, 7) is 6.14. The molecule has 1 fully saturated rings. The molecule has 14 heavy (non-hydrogen) atoms. The van der Waals surface area contributed by atoms with E-state index in [4.69, 9.17) is 0 Å². The first-order valence-corrected chi connectivity index (χ1v) is 4.99. The van der Waals surface area contributed by atoms with Crippen molar-refractivity contribution in [3.63, 3.8) is 0 Å². The topological polar surface area (TPSA) is 46.0 Å². The highest BCUT2D eigenvalue weighted by Crippen LogP contribution is 2.52. The molecule has 0 aliphatic heterocycles. The van der Waals surface area contributed by atoms with Crippen molar-refractivity contribution in [3.05, 3.63) is 23.8 Å². The van der Waals surface area contributed by atoms with Gasteiger partial charge in [-0.25, -0.2) is 0 Å². The van der Waals surface area contributed by atoms with Gasteiger partial charge in [0.1, 0.15) is 0 Å². The summed E-state index contributed by atoms with van der Waals surface area (Å²) >= 11 is 0.